The van der Waals surface area contributed by atoms with Gasteiger partial charge in [-0.05, 0) is 25.2 Å². The van der Waals surface area contributed by atoms with Crippen molar-refractivity contribution in [1.82, 2.24) is 10.2 Å². The quantitative estimate of drug-likeness (QED) is 0.636. The van der Waals surface area contributed by atoms with Crippen LogP contribution < -0.4 is 5.32 Å². The lowest BCUT2D eigenvalue weighted by Gasteiger charge is -2.30. The minimum absolute atomic E-state index is 0.0161. The van der Waals surface area contributed by atoms with Gasteiger partial charge in [-0.1, -0.05) is 26.2 Å². The van der Waals surface area contributed by atoms with Gasteiger partial charge in [-0.2, -0.15) is 0 Å². The third-order valence-corrected chi connectivity index (χ3v) is 4.18. The van der Waals surface area contributed by atoms with E-state index in [1.807, 2.05) is 0 Å². The van der Waals surface area contributed by atoms with E-state index >= 15 is 0 Å². The third-order valence-electron chi connectivity index (χ3n) is 4.18. The van der Waals surface area contributed by atoms with E-state index in [0.29, 0.717) is 26.1 Å². The predicted octanol–water partition coefficient (Wildman–Crippen LogP) is 1.68. The summed E-state index contributed by atoms with van der Waals surface area (Å²) < 4.78 is 0. The zero-order valence-electron chi connectivity index (χ0n) is 12.9. The minimum atomic E-state index is -0.757. The molecule has 0 aromatic rings. The van der Waals surface area contributed by atoms with E-state index in [-0.39, 0.29) is 24.5 Å². The summed E-state index contributed by atoms with van der Waals surface area (Å²) in [4.78, 5) is 24.9. The van der Waals surface area contributed by atoms with Crippen LogP contribution in [0.25, 0.3) is 0 Å². The number of urea groups is 1. The second kappa shape index (κ2) is 9.60. The molecule has 0 saturated heterocycles. The number of aliphatic hydroxyl groups is 1. The summed E-state index contributed by atoms with van der Waals surface area (Å²) >= 11 is 0. The molecule has 0 spiro atoms. The largest absolute Gasteiger partial charge is 0.481 e. The molecule has 0 aromatic heterocycles. The number of hydrogen-bond donors (Lipinski definition) is 3. The first-order valence-corrected chi connectivity index (χ1v) is 7.96. The first-order chi connectivity index (χ1) is 10.1. The average Bonchev–Trinajstić information content (AvgIpc) is 2.49. The first-order valence-electron chi connectivity index (χ1n) is 7.96. The number of unbranched alkanes of at least 4 members (excludes halogenated alkanes) is 1. The average molecular weight is 300 g/mol. The molecule has 2 unspecified atom stereocenters. The van der Waals surface area contributed by atoms with Gasteiger partial charge in [0.15, 0.2) is 0 Å². The number of rotatable bonds is 8. The van der Waals surface area contributed by atoms with Crippen molar-refractivity contribution < 1.29 is 19.8 Å². The lowest BCUT2D eigenvalue weighted by Crippen LogP contribution is -2.45. The highest BCUT2D eigenvalue weighted by Crippen LogP contribution is 2.29. The summed E-state index contributed by atoms with van der Waals surface area (Å²) in [5.74, 6) is -1.09. The van der Waals surface area contributed by atoms with Crippen LogP contribution in [0.1, 0.15) is 45.4 Å². The van der Waals surface area contributed by atoms with Crippen LogP contribution in [0.2, 0.25) is 0 Å². The molecule has 0 heterocycles. The van der Waals surface area contributed by atoms with E-state index in [1.54, 1.807) is 4.90 Å². The van der Waals surface area contributed by atoms with E-state index in [2.05, 4.69) is 12.2 Å². The van der Waals surface area contributed by atoms with Crippen LogP contribution in [-0.2, 0) is 4.79 Å². The maximum atomic E-state index is 12.1. The van der Waals surface area contributed by atoms with Crippen LogP contribution in [0.4, 0.5) is 4.79 Å². The molecule has 0 radical (unpaired) electrons. The molecule has 1 fully saturated rings. The fraction of sp³-hybridized carbons (Fsp3) is 0.867. The maximum absolute atomic E-state index is 12.1. The number of amides is 2. The molecule has 21 heavy (non-hydrogen) atoms. The van der Waals surface area contributed by atoms with E-state index in [4.69, 9.17) is 5.11 Å². The number of carboxylic acid groups (broad SMARTS) is 1. The van der Waals surface area contributed by atoms with Crippen LogP contribution >= 0.6 is 0 Å². The van der Waals surface area contributed by atoms with Crippen molar-refractivity contribution in [1.29, 1.82) is 0 Å². The van der Waals surface area contributed by atoms with E-state index in [0.717, 1.165) is 32.1 Å². The number of carbonyl (C=O) groups excluding carboxylic acids is 1. The van der Waals surface area contributed by atoms with Crippen molar-refractivity contribution in [2.24, 2.45) is 11.8 Å². The van der Waals surface area contributed by atoms with Crippen LogP contribution in [0.5, 0.6) is 0 Å². The zero-order chi connectivity index (χ0) is 15.7. The highest BCUT2D eigenvalue weighted by atomic mass is 16.4. The molecule has 6 nitrogen and oxygen atoms in total. The van der Waals surface area contributed by atoms with Crippen molar-refractivity contribution in [3.8, 4) is 0 Å². The Bertz CT molecular complexity index is 336. The first kappa shape index (κ1) is 17.8. The summed E-state index contributed by atoms with van der Waals surface area (Å²) in [5, 5.41) is 21.1. The molecule has 1 rings (SSSR count). The van der Waals surface area contributed by atoms with E-state index < -0.39 is 5.97 Å². The van der Waals surface area contributed by atoms with E-state index in [9.17, 15) is 14.7 Å². The molecule has 1 saturated carbocycles. The molecule has 1 aliphatic carbocycles. The van der Waals surface area contributed by atoms with Crippen molar-refractivity contribution in [3.05, 3.63) is 0 Å². The number of carboxylic acids is 1. The van der Waals surface area contributed by atoms with Gasteiger partial charge >= 0.3 is 12.0 Å². The Balaban J connectivity index is 2.46. The van der Waals surface area contributed by atoms with Gasteiger partial charge in [0.2, 0.25) is 0 Å². The van der Waals surface area contributed by atoms with Gasteiger partial charge in [-0.15, -0.1) is 0 Å². The van der Waals surface area contributed by atoms with Crippen LogP contribution in [0, 0.1) is 11.8 Å². The Morgan fingerprint density at radius 1 is 1.24 bits per heavy atom. The highest BCUT2D eigenvalue weighted by molar-refractivity contribution is 5.74. The van der Waals surface area contributed by atoms with Gasteiger partial charge in [0, 0.05) is 19.6 Å². The molecule has 0 aromatic carbocycles. The lowest BCUT2D eigenvalue weighted by atomic mass is 9.79. The Hall–Kier alpha value is -1.30. The van der Waals surface area contributed by atoms with Crippen molar-refractivity contribution >= 4 is 12.0 Å². The fourth-order valence-electron chi connectivity index (χ4n) is 2.89. The molecule has 0 bridgehead atoms. The van der Waals surface area contributed by atoms with Gasteiger partial charge in [0.25, 0.3) is 0 Å². The second-order valence-electron chi connectivity index (χ2n) is 5.74. The maximum Gasteiger partial charge on any atom is 0.317 e. The van der Waals surface area contributed by atoms with Gasteiger partial charge in [0.05, 0.1) is 12.5 Å². The third kappa shape index (κ3) is 5.91. The molecule has 6 heteroatoms. The zero-order valence-corrected chi connectivity index (χ0v) is 12.9. The summed E-state index contributed by atoms with van der Waals surface area (Å²) in [5.41, 5.74) is 0. The monoisotopic (exact) mass is 300 g/mol. The summed E-state index contributed by atoms with van der Waals surface area (Å²) in [6.45, 7) is 3.34. The standard InChI is InChI=1S/C15H28N2O4/c1-2-3-8-17(9-10-18)15(21)16-11-12-6-4-5-7-13(12)14(19)20/h12-13,18H,2-11H2,1H3,(H,16,21)(H,19,20). The molecule has 3 N–H and O–H groups in total. The van der Waals surface area contributed by atoms with Crippen molar-refractivity contribution in [2.45, 2.75) is 45.4 Å². The van der Waals surface area contributed by atoms with Crippen molar-refractivity contribution in [2.75, 3.05) is 26.2 Å². The molecular weight excluding hydrogens is 272 g/mol. The lowest BCUT2D eigenvalue weighted by molar-refractivity contribution is -0.144. The highest BCUT2D eigenvalue weighted by Gasteiger charge is 2.31. The van der Waals surface area contributed by atoms with Crippen LogP contribution in [-0.4, -0.2) is 53.4 Å². The predicted molar refractivity (Wildman–Crippen MR) is 80.0 cm³/mol. The molecule has 2 atom stereocenters. The Morgan fingerprint density at radius 2 is 1.95 bits per heavy atom. The Morgan fingerprint density at radius 3 is 2.57 bits per heavy atom. The summed E-state index contributed by atoms with van der Waals surface area (Å²) in [6.07, 6.45) is 5.42. The fourth-order valence-corrected chi connectivity index (χ4v) is 2.89. The second-order valence-corrected chi connectivity index (χ2v) is 5.74. The SMILES string of the molecule is CCCCN(CCO)C(=O)NCC1CCCCC1C(=O)O. The van der Waals surface area contributed by atoms with E-state index in [1.165, 1.54) is 0 Å². The number of hydrogen-bond acceptors (Lipinski definition) is 3. The van der Waals surface area contributed by atoms with Gasteiger partial charge in [-0.3, -0.25) is 4.79 Å². The van der Waals surface area contributed by atoms with Crippen LogP contribution in [0.15, 0.2) is 0 Å². The molecule has 1 aliphatic rings. The van der Waals surface area contributed by atoms with Gasteiger partial charge in [-0.25, -0.2) is 4.79 Å². The molecule has 122 valence electrons. The van der Waals surface area contributed by atoms with Gasteiger partial charge < -0.3 is 20.4 Å². The summed E-state index contributed by atoms with van der Waals surface area (Å²) in [7, 11) is 0. The smallest absolute Gasteiger partial charge is 0.317 e. The number of aliphatic carboxylic acids is 1. The topological polar surface area (TPSA) is 89.9 Å². The Kier molecular flexibility index (Phi) is 8.12. The van der Waals surface area contributed by atoms with Crippen LogP contribution in [0.3, 0.4) is 0 Å². The number of nitrogens with zero attached hydrogens (tertiary/aromatic N) is 1. The number of carbonyl (C=O) groups is 2. The number of nitrogens with one attached hydrogen (secondary N) is 1. The Labute approximate surface area is 126 Å². The normalized spacial score (nSPS) is 21.8. The minimum Gasteiger partial charge on any atom is -0.481 e. The van der Waals surface area contributed by atoms with Gasteiger partial charge in [0.1, 0.15) is 0 Å². The molecule has 0 aliphatic heterocycles. The number of aliphatic hydroxyl groups excluding tert-OH is 1. The van der Waals surface area contributed by atoms with Crippen molar-refractivity contribution in [3.63, 3.8) is 0 Å². The molecular formula is C15H28N2O4. The summed E-state index contributed by atoms with van der Waals surface area (Å²) in [6, 6.07) is -0.202. The molecule has 2 amide bonds.